The monoisotopic (exact) mass is 443 g/mol. The van der Waals surface area contributed by atoms with E-state index >= 15 is 0 Å². The average molecular weight is 444 g/mol. The van der Waals surface area contributed by atoms with Gasteiger partial charge in [-0.3, -0.25) is 9.59 Å². The first-order valence-electron chi connectivity index (χ1n) is 10.9. The Hall–Kier alpha value is -3.25. The second-order valence-electron chi connectivity index (χ2n) is 8.45. The molecular formula is C26H25N3O2S. The first-order valence-corrected chi connectivity index (χ1v) is 11.7. The largest absolute Gasteiger partial charge is 0.336 e. The van der Waals surface area contributed by atoms with Crippen LogP contribution in [0.15, 0.2) is 58.9 Å². The van der Waals surface area contributed by atoms with Crippen LogP contribution in [0.1, 0.15) is 33.6 Å². The molecule has 3 heterocycles. The number of hydrogen-bond donors (Lipinski definition) is 0. The SMILES string of the molecule is Cc1cc2c(cc1C)N(CC(=O)N1CCc3ccccc3C1)C(=O)CC(c1cccs1)=N2. The molecular weight excluding hydrogens is 418 g/mol. The molecule has 0 saturated carbocycles. The summed E-state index contributed by atoms with van der Waals surface area (Å²) in [6.45, 7) is 5.37. The quantitative estimate of drug-likeness (QED) is 0.583. The zero-order valence-corrected chi connectivity index (χ0v) is 19.1. The van der Waals surface area contributed by atoms with Crippen LogP contribution < -0.4 is 4.90 Å². The van der Waals surface area contributed by atoms with E-state index in [2.05, 4.69) is 12.1 Å². The van der Waals surface area contributed by atoms with Crippen molar-refractivity contribution in [2.45, 2.75) is 33.2 Å². The number of aliphatic imine (C=N–C) groups is 1. The average Bonchev–Trinajstić information content (AvgIpc) is 3.30. The third-order valence-corrected chi connectivity index (χ3v) is 7.26. The van der Waals surface area contributed by atoms with E-state index in [0.29, 0.717) is 13.1 Å². The lowest BCUT2D eigenvalue weighted by Gasteiger charge is -2.31. The third kappa shape index (κ3) is 3.86. The third-order valence-electron chi connectivity index (χ3n) is 6.34. The lowest BCUT2D eigenvalue weighted by Crippen LogP contribution is -2.45. The summed E-state index contributed by atoms with van der Waals surface area (Å²) in [4.78, 5) is 36.0. The summed E-state index contributed by atoms with van der Waals surface area (Å²) in [5.74, 6) is -0.124. The molecule has 0 radical (unpaired) electrons. The minimum absolute atomic E-state index is 0.0309. The van der Waals surface area contributed by atoms with Crippen LogP contribution in [0.3, 0.4) is 0 Å². The highest BCUT2D eigenvalue weighted by atomic mass is 32.1. The predicted molar refractivity (Wildman–Crippen MR) is 129 cm³/mol. The van der Waals surface area contributed by atoms with Gasteiger partial charge in [0.15, 0.2) is 0 Å². The number of aryl methyl sites for hydroxylation is 2. The molecule has 0 fully saturated rings. The van der Waals surface area contributed by atoms with Gasteiger partial charge in [-0.05, 0) is 66.1 Å². The van der Waals surface area contributed by atoms with Crippen molar-refractivity contribution in [1.82, 2.24) is 4.90 Å². The summed E-state index contributed by atoms with van der Waals surface area (Å²) in [5, 5.41) is 1.99. The summed E-state index contributed by atoms with van der Waals surface area (Å²) in [5.41, 5.74) is 6.91. The molecule has 5 rings (SSSR count). The van der Waals surface area contributed by atoms with Crippen LogP contribution in [0.5, 0.6) is 0 Å². The topological polar surface area (TPSA) is 53.0 Å². The number of rotatable bonds is 3. The highest BCUT2D eigenvalue weighted by Gasteiger charge is 2.30. The Bertz CT molecular complexity index is 1230. The van der Waals surface area contributed by atoms with Gasteiger partial charge in [-0.25, -0.2) is 4.99 Å². The van der Waals surface area contributed by atoms with Crippen LogP contribution >= 0.6 is 11.3 Å². The van der Waals surface area contributed by atoms with Crippen molar-refractivity contribution in [1.29, 1.82) is 0 Å². The highest BCUT2D eigenvalue weighted by molar-refractivity contribution is 7.12. The van der Waals surface area contributed by atoms with Crippen LogP contribution in [0, 0.1) is 13.8 Å². The Labute approximate surface area is 192 Å². The lowest BCUT2D eigenvalue weighted by molar-refractivity contribution is -0.132. The van der Waals surface area contributed by atoms with Crippen molar-refractivity contribution in [3.63, 3.8) is 0 Å². The second kappa shape index (κ2) is 8.36. The molecule has 2 aliphatic rings. The lowest BCUT2D eigenvalue weighted by atomic mass is 10.00. The molecule has 0 spiro atoms. The van der Waals surface area contributed by atoms with Crippen LogP contribution in [0.4, 0.5) is 11.4 Å². The van der Waals surface area contributed by atoms with E-state index in [9.17, 15) is 9.59 Å². The fourth-order valence-electron chi connectivity index (χ4n) is 4.35. The molecule has 0 N–H and O–H groups in total. The Morgan fingerprint density at radius 1 is 1.06 bits per heavy atom. The molecule has 0 bridgehead atoms. The predicted octanol–water partition coefficient (Wildman–Crippen LogP) is 4.81. The van der Waals surface area contributed by atoms with Crippen molar-refractivity contribution < 1.29 is 9.59 Å². The highest BCUT2D eigenvalue weighted by Crippen LogP contribution is 2.36. The van der Waals surface area contributed by atoms with Crippen molar-refractivity contribution in [3.8, 4) is 0 Å². The number of carbonyl (C=O) groups is 2. The number of anilines is 1. The number of benzene rings is 2. The van der Waals surface area contributed by atoms with Gasteiger partial charge in [-0.15, -0.1) is 11.3 Å². The van der Waals surface area contributed by atoms with Gasteiger partial charge in [0, 0.05) is 18.0 Å². The Morgan fingerprint density at radius 3 is 2.62 bits per heavy atom. The number of nitrogens with zero attached hydrogens (tertiary/aromatic N) is 3. The maximum atomic E-state index is 13.4. The second-order valence-corrected chi connectivity index (χ2v) is 9.40. The fourth-order valence-corrected chi connectivity index (χ4v) is 5.07. The van der Waals surface area contributed by atoms with Gasteiger partial charge in [0.25, 0.3) is 0 Å². The molecule has 6 heteroatoms. The van der Waals surface area contributed by atoms with Crippen LogP contribution in [-0.2, 0) is 22.6 Å². The Balaban J connectivity index is 1.45. The first kappa shape index (κ1) is 20.6. The molecule has 32 heavy (non-hydrogen) atoms. The van der Waals surface area contributed by atoms with Crippen molar-refractivity contribution >= 4 is 40.2 Å². The van der Waals surface area contributed by atoms with Gasteiger partial charge in [-0.2, -0.15) is 0 Å². The number of carbonyl (C=O) groups excluding carboxylic acids is 2. The van der Waals surface area contributed by atoms with Crippen molar-refractivity contribution in [2.75, 3.05) is 18.0 Å². The van der Waals surface area contributed by atoms with Gasteiger partial charge in [0.05, 0.1) is 23.5 Å². The summed E-state index contributed by atoms with van der Waals surface area (Å²) in [6, 6.07) is 16.2. The molecule has 5 nitrogen and oxygen atoms in total. The molecule has 0 atom stereocenters. The van der Waals surface area contributed by atoms with Gasteiger partial charge >= 0.3 is 0 Å². The van der Waals surface area contributed by atoms with Crippen LogP contribution in [-0.4, -0.2) is 35.5 Å². The van der Waals surface area contributed by atoms with Crippen molar-refractivity contribution in [3.05, 3.63) is 81.0 Å². The number of amides is 2. The molecule has 162 valence electrons. The summed E-state index contributed by atoms with van der Waals surface area (Å²) >= 11 is 1.58. The van der Waals surface area contributed by atoms with Gasteiger partial charge in [-0.1, -0.05) is 30.3 Å². The van der Waals surface area contributed by atoms with Crippen LogP contribution in [0.2, 0.25) is 0 Å². The number of thiophene rings is 1. The summed E-state index contributed by atoms with van der Waals surface area (Å²) in [7, 11) is 0. The minimum atomic E-state index is -0.0927. The summed E-state index contributed by atoms with van der Waals surface area (Å²) < 4.78 is 0. The molecule has 1 aromatic heterocycles. The normalized spacial score (nSPS) is 15.7. The smallest absolute Gasteiger partial charge is 0.242 e. The fraction of sp³-hybridized carbons (Fsp3) is 0.269. The zero-order valence-electron chi connectivity index (χ0n) is 18.3. The van der Waals surface area contributed by atoms with E-state index in [1.807, 2.05) is 60.5 Å². The van der Waals surface area contributed by atoms with Gasteiger partial charge < -0.3 is 9.80 Å². The molecule has 2 amide bonds. The van der Waals surface area contributed by atoms with E-state index in [1.165, 1.54) is 11.1 Å². The van der Waals surface area contributed by atoms with E-state index < -0.39 is 0 Å². The minimum Gasteiger partial charge on any atom is -0.336 e. The number of fused-ring (bicyclic) bond motifs is 2. The van der Waals surface area contributed by atoms with E-state index in [-0.39, 0.29) is 24.8 Å². The zero-order chi connectivity index (χ0) is 22.2. The van der Waals surface area contributed by atoms with Crippen LogP contribution in [0.25, 0.3) is 0 Å². The first-order chi connectivity index (χ1) is 15.5. The maximum Gasteiger partial charge on any atom is 0.242 e. The number of hydrogen-bond acceptors (Lipinski definition) is 4. The molecule has 0 unspecified atom stereocenters. The van der Waals surface area contributed by atoms with Crippen molar-refractivity contribution in [2.24, 2.45) is 4.99 Å². The molecule has 2 aliphatic heterocycles. The van der Waals surface area contributed by atoms with E-state index in [0.717, 1.165) is 39.5 Å². The Kier molecular flexibility index (Phi) is 5.39. The summed E-state index contributed by atoms with van der Waals surface area (Å²) in [6.07, 6.45) is 1.03. The maximum absolute atomic E-state index is 13.4. The molecule has 2 aromatic carbocycles. The van der Waals surface area contributed by atoms with Gasteiger partial charge in [0.2, 0.25) is 11.8 Å². The standard InChI is InChI=1S/C26H25N3O2S/c1-17-12-21-23(13-18(17)2)29(25(30)14-22(27-21)24-8-5-11-32-24)16-26(31)28-10-9-19-6-3-4-7-20(19)15-28/h3-8,11-13H,9-10,14-16H2,1-2H3. The molecule has 3 aromatic rings. The van der Waals surface area contributed by atoms with Gasteiger partial charge in [0.1, 0.15) is 6.54 Å². The molecule has 0 saturated heterocycles. The van der Waals surface area contributed by atoms with E-state index in [4.69, 9.17) is 4.99 Å². The van der Waals surface area contributed by atoms with E-state index in [1.54, 1.807) is 16.2 Å². The Morgan fingerprint density at radius 2 is 1.84 bits per heavy atom. The molecule has 0 aliphatic carbocycles.